The lowest BCUT2D eigenvalue weighted by Gasteiger charge is -2.28. The Balaban J connectivity index is 3.06. The van der Waals surface area contributed by atoms with Gasteiger partial charge in [0.2, 0.25) is 0 Å². The van der Waals surface area contributed by atoms with Gasteiger partial charge in [-0.25, -0.2) is 5.43 Å². The van der Waals surface area contributed by atoms with Crippen molar-refractivity contribution < 1.29 is 4.74 Å². The molecule has 6 heteroatoms. The smallest absolute Gasteiger partial charge is 0.0904 e. The van der Waals surface area contributed by atoms with Crippen LogP contribution in [0.3, 0.4) is 0 Å². The molecule has 0 aliphatic rings. The van der Waals surface area contributed by atoms with E-state index in [0.717, 1.165) is 10.2 Å². The molecule has 2 atom stereocenters. The number of nitrogens with zero attached hydrogens (tertiary/aromatic N) is 2. The summed E-state index contributed by atoms with van der Waals surface area (Å²) < 4.78 is 8.22. The van der Waals surface area contributed by atoms with Crippen molar-refractivity contribution in [1.82, 2.24) is 15.2 Å². The van der Waals surface area contributed by atoms with E-state index in [9.17, 15) is 0 Å². The van der Waals surface area contributed by atoms with Crippen LogP contribution in [-0.2, 0) is 11.8 Å². The van der Waals surface area contributed by atoms with Crippen molar-refractivity contribution in [2.45, 2.75) is 26.0 Å². The highest BCUT2D eigenvalue weighted by Gasteiger charge is 2.29. The molecule has 1 aromatic heterocycles. The molecule has 0 amide bonds. The number of nitrogens with one attached hydrogen (secondary N) is 1. The fourth-order valence-electron chi connectivity index (χ4n) is 1.89. The molecule has 0 spiro atoms. The SMILES string of the molecule is COC(C(C)C)C(NN)c1c(Br)cnn1C. The minimum atomic E-state index is -0.0909. The average Bonchev–Trinajstić information content (AvgIpc) is 2.55. The van der Waals surface area contributed by atoms with Gasteiger partial charge in [0.25, 0.3) is 0 Å². The van der Waals surface area contributed by atoms with Crippen LogP contribution in [0.4, 0.5) is 0 Å². The van der Waals surface area contributed by atoms with E-state index in [1.54, 1.807) is 18.0 Å². The first-order valence-electron chi connectivity index (χ1n) is 5.19. The minimum Gasteiger partial charge on any atom is -0.379 e. The standard InChI is InChI=1S/C10H19BrN4O/c1-6(2)10(16-4)8(14-12)9-7(11)5-13-15(9)3/h5-6,8,10,14H,12H2,1-4H3. The number of nitrogens with two attached hydrogens (primary N) is 1. The molecule has 16 heavy (non-hydrogen) atoms. The molecule has 2 unspecified atom stereocenters. The molecule has 1 rings (SSSR count). The van der Waals surface area contributed by atoms with Crippen LogP contribution in [0.1, 0.15) is 25.6 Å². The molecule has 0 saturated heterocycles. The number of aryl methyl sites for hydroxylation is 1. The van der Waals surface area contributed by atoms with Gasteiger partial charge in [0.05, 0.1) is 28.5 Å². The lowest BCUT2D eigenvalue weighted by Crippen LogP contribution is -2.41. The third kappa shape index (κ3) is 2.63. The number of methoxy groups -OCH3 is 1. The molecule has 0 fully saturated rings. The molecule has 92 valence electrons. The molecule has 1 heterocycles. The molecule has 3 N–H and O–H groups in total. The van der Waals surface area contributed by atoms with Crippen LogP contribution in [-0.4, -0.2) is 23.0 Å². The Kier molecular flexibility index (Phi) is 4.91. The van der Waals surface area contributed by atoms with Gasteiger partial charge in [0.1, 0.15) is 0 Å². The number of halogens is 1. The highest BCUT2D eigenvalue weighted by Crippen LogP contribution is 2.28. The van der Waals surface area contributed by atoms with Crippen molar-refractivity contribution in [3.63, 3.8) is 0 Å². The summed E-state index contributed by atoms with van der Waals surface area (Å²) in [6, 6.07) is -0.0909. The lowest BCUT2D eigenvalue weighted by molar-refractivity contribution is 0.0301. The Morgan fingerprint density at radius 2 is 2.19 bits per heavy atom. The van der Waals surface area contributed by atoms with E-state index < -0.39 is 0 Å². The molecule has 0 saturated carbocycles. The van der Waals surface area contributed by atoms with Gasteiger partial charge in [-0.05, 0) is 21.8 Å². The van der Waals surface area contributed by atoms with Crippen LogP contribution < -0.4 is 11.3 Å². The predicted molar refractivity (Wildman–Crippen MR) is 66.6 cm³/mol. The van der Waals surface area contributed by atoms with Gasteiger partial charge in [-0.1, -0.05) is 13.8 Å². The van der Waals surface area contributed by atoms with E-state index in [0.29, 0.717) is 5.92 Å². The minimum absolute atomic E-state index is 0.00306. The van der Waals surface area contributed by atoms with Crippen LogP contribution in [0.2, 0.25) is 0 Å². The first kappa shape index (κ1) is 13.6. The van der Waals surface area contributed by atoms with Crippen molar-refractivity contribution >= 4 is 15.9 Å². The largest absolute Gasteiger partial charge is 0.379 e. The monoisotopic (exact) mass is 290 g/mol. The summed E-state index contributed by atoms with van der Waals surface area (Å²) in [4.78, 5) is 0. The Labute approximate surface area is 104 Å². The zero-order valence-electron chi connectivity index (χ0n) is 10.1. The molecular formula is C10H19BrN4O. The summed E-state index contributed by atoms with van der Waals surface area (Å²) in [6.45, 7) is 4.20. The fourth-order valence-corrected chi connectivity index (χ4v) is 2.49. The van der Waals surface area contributed by atoms with Crippen molar-refractivity contribution in [3.05, 3.63) is 16.4 Å². The first-order chi connectivity index (χ1) is 7.52. The van der Waals surface area contributed by atoms with E-state index in [4.69, 9.17) is 10.6 Å². The number of aromatic nitrogens is 2. The average molecular weight is 291 g/mol. The van der Waals surface area contributed by atoms with E-state index in [1.165, 1.54) is 0 Å². The topological polar surface area (TPSA) is 65.1 Å². The van der Waals surface area contributed by atoms with Crippen LogP contribution in [0.25, 0.3) is 0 Å². The number of ether oxygens (including phenoxy) is 1. The van der Waals surface area contributed by atoms with Crippen molar-refractivity contribution in [3.8, 4) is 0 Å². The molecular weight excluding hydrogens is 272 g/mol. The molecule has 5 nitrogen and oxygen atoms in total. The summed E-state index contributed by atoms with van der Waals surface area (Å²) in [5, 5.41) is 4.18. The van der Waals surface area contributed by atoms with Gasteiger partial charge in [-0.2, -0.15) is 5.10 Å². The number of hydrogen-bond acceptors (Lipinski definition) is 4. The van der Waals surface area contributed by atoms with Gasteiger partial charge in [0.15, 0.2) is 0 Å². The van der Waals surface area contributed by atoms with Crippen molar-refractivity contribution in [2.24, 2.45) is 18.8 Å². The van der Waals surface area contributed by atoms with E-state index in [2.05, 4.69) is 40.3 Å². The maximum absolute atomic E-state index is 5.62. The molecule has 0 aliphatic carbocycles. The Bertz CT molecular complexity index is 320. The predicted octanol–water partition coefficient (Wildman–Crippen LogP) is 1.36. The van der Waals surface area contributed by atoms with Gasteiger partial charge in [0, 0.05) is 14.2 Å². The molecule has 0 bridgehead atoms. The number of hydrogen-bond donors (Lipinski definition) is 2. The van der Waals surface area contributed by atoms with Crippen molar-refractivity contribution in [2.75, 3.05) is 7.11 Å². The zero-order valence-corrected chi connectivity index (χ0v) is 11.7. The zero-order chi connectivity index (χ0) is 12.3. The van der Waals surface area contributed by atoms with E-state index >= 15 is 0 Å². The van der Waals surface area contributed by atoms with Gasteiger partial charge < -0.3 is 4.74 Å². The van der Waals surface area contributed by atoms with E-state index in [1.807, 2.05) is 7.05 Å². The molecule has 0 radical (unpaired) electrons. The van der Waals surface area contributed by atoms with Crippen LogP contribution in [0.15, 0.2) is 10.7 Å². The third-order valence-corrected chi connectivity index (χ3v) is 3.28. The second kappa shape index (κ2) is 5.77. The number of rotatable bonds is 5. The quantitative estimate of drug-likeness (QED) is 0.635. The highest BCUT2D eigenvalue weighted by atomic mass is 79.9. The summed E-state index contributed by atoms with van der Waals surface area (Å²) in [5.41, 5.74) is 3.79. The summed E-state index contributed by atoms with van der Waals surface area (Å²) >= 11 is 3.47. The number of hydrazine groups is 1. The molecule has 0 aliphatic heterocycles. The van der Waals surface area contributed by atoms with E-state index in [-0.39, 0.29) is 12.1 Å². The first-order valence-corrected chi connectivity index (χ1v) is 5.98. The van der Waals surface area contributed by atoms with Crippen LogP contribution in [0.5, 0.6) is 0 Å². The lowest BCUT2D eigenvalue weighted by atomic mass is 9.97. The highest BCUT2D eigenvalue weighted by molar-refractivity contribution is 9.10. The maximum Gasteiger partial charge on any atom is 0.0904 e. The van der Waals surface area contributed by atoms with Gasteiger partial charge >= 0.3 is 0 Å². The molecule has 0 aromatic carbocycles. The van der Waals surface area contributed by atoms with Crippen LogP contribution >= 0.6 is 15.9 Å². The summed E-state index contributed by atoms with van der Waals surface area (Å²) in [6.07, 6.45) is 1.75. The van der Waals surface area contributed by atoms with Gasteiger partial charge in [-0.15, -0.1) is 0 Å². The molecule has 1 aromatic rings. The maximum atomic E-state index is 5.62. The summed E-state index contributed by atoms with van der Waals surface area (Å²) in [7, 11) is 3.58. The fraction of sp³-hybridized carbons (Fsp3) is 0.700. The van der Waals surface area contributed by atoms with Crippen LogP contribution in [0, 0.1) is 5.92 Å². The third-order valence-electron chi connectivity index (χ3n) is 2.67. The second-order valence-electron chi connectivity index (χ2n) is 4.09. The summed E-state index contributed by atoms with van der Waals surface area (Å²) in [5.74, 6) is 5.98. The Hall–Kier alpha value is -0.430. The van der Waals surface area contributed by atoms with Gasteiger partial charge in [-0.3, -0.25) is 10.5 Å². The van der Waals surface area contributed by atoms with Crippen molar-refractivity contribution in [1.29, 1.82) is 0 Å². The second-order valence-corrected chi connectivity index (χ2v) is 4.94. The Morgan fingerprint density at radius 1 is 1.56 bits per heavy atom. The normalized spacial score (nSPS) is 15.4. The Morgan fingerprint density at radius 3 is 2.50 bits per heavy atom.